The zero-order valence-electron chi connectivity index (χ0n) is 14.3. The average molecular weight is 346 g/mol. The van der Waals surface area contributed by atoms with E-state index in [-0.39, 0.29) is 0 Å². The van der Waals surface area contributed by atoms with E-state index in [9.17, 15) is 9.11 Å². The van der Waals surface area contributed by atoms with Gasteiger partial charge in [-0.1, -0.05) is 36.4 Å². The molecule has 2 aromatic carbocycles. The van der Waals surface area contributed by atoms with E-state index < -0.39 is 15.5 Å². The Labute approximate surface area is 146 Å². The molecular weight excluding hydrogens is 320 g/mol. The minimum absolute atomic E-state index is 0.575. The maximum absolute atomic E-state index is 11.3. The van der Waals surface area contributed by atoms with Crippen LogP contribution in [0.1, 0.15) is 25.3 Å². The van der Waals surface area contributed by atoms with E-state index in [1.807, 2.05) is 62.5 Å². The number of hydrogen-bond donors (Lipinski definition) is 3. The summed E-state index contributed by atoms with van der Waals surface area (Å²) in [6, 6.07) is 17.7. The van der Waals surface area contributed by atoms with Gasteiger partial charge in [-0.3, -0.25) is 9.11 Å². The summed E-state index contributed by atoms with van der Waals surface area (Å²) in [5, 5.41) is 3.15. The number of para-hydroxylation sites is 2. The van der Waals surface area contributed by atoms with Gasteiger partial charge < -0.3 is 5.32 Å². The highest BCUT2D eigenvalue weighted by molar-refractivity contribution is 8.26. The Balaban J connectivity index is 2.08. The van der Waals surface area contributed by atoms with Gasteiger partial charge in [0.1, 0.15) is 0 Å². The van der Waals surface area contributed by atoms with Crippen LogP contribution in [0.5, 0.6) is 0 Å². The molecule has 0 fully saturated rings. The van der Waals surface area contributed by atoms with Crippen molar-refractivity contribution in [2.24, 2.45) is 0 Å². The molecule has 0 unspecified atom stereocenters. The van der Waals surface area contributed by atoms with Gasteiger partial charge in [-0.05, 0) is 63.5 Å². The van der Waals surface area contributed by atoms with Crippen molar-refractivity contribution in [1.29, 1.82) is 0 Å². The first-order chi connectivity index (χ1) is 11.5. The first kappa shape index (κ1) is 17.3. The molecule has 1 heterocycles. The molecule has 4 nitrogen and oxygen atoms in total. The molecule has 0 bridgehead atoms. The molecule has 1 aliphatic rings. The van der Waals surface area contributed by atoms with Crippen LogP contribution in [0.25, 0.3) is 0 Å². The van der Waals surface area contributed by atoms with Gasteiger partial charge >= 0.3 is 0 Å². The van der Waals surface area contributed by atoms with Crippen molar-refractivity contribution < 1.29 is 9.11 Å². The summed E-state index contributed by atoms with van der Waals surface area (Å²) in [6.45, 7) is 2.88. The maximum atomic E-state index is 11.3. The van der Waals surface area contributed by atoms with Crippen molar-refractivity contribution in [3.8, 4) is 0 Å². The van der Waals surface area contributed by atoms with E-state index in [1.165, 1.54) is 5.56 Å². The summed E-state index contributed by atoms with van der Waals surface area (Å²) >= 11 is 0. The Morgan fingerprint density at radius 3 is 2.46 bits per heavy atom. The molecular formula is C19H26N2O2S. The molecule has 2 aromatic rings. The van der Waals surface area contributed by atoms with Crippen molar-refractivity contribution in [3.05, 3.63) is 60.2 Å². The van der Waals surface area contributed by atoms with Gasteiger partial charge in [0.05, 0.1) is 16.1 Å². The Morgan fingerprint density at radius 1 is 1.08 bits per heavy atom. The first-order valence-electron chi connectivity index (χ1n) is 8.35. The quantitative estimate of drug-likeness (QED) is 0.680. The van der Waals surface area contributed by atoms with Gasteiger partial charge in [-0.2, -0.15) is 0 Å². The van der Waals surface area contributed by atoms with Crippen LogP contribution in [0.15, 0.2) is 54.6 Å². The number of nitrogens with zero attached hydrogens (tertiary/aromatic N) is 1. The number of fused-ring (bicyclic) bond motifs is 1. The lowest BCUT2D eigenvalue weighted by atomic mass is 9.94. The van der Waals surface area contributed by atoms with Crippen LogP contribution in [0, 0.1) is 0 Å². The van der Waals surface area contributed by atoms with E-state index in [0.717, 1.165) is 30.8 Å². The average Bonchev–Trinajstić information content (AvgIpc) is 2.57. The van der Waals surface area contributed by atoms with Crippen molar-refractivity contribution >= 4 is 22.2 Å². The number of nitrogens with one attached hydrogen (secondary N) is 1. The summed E-state index contributed by atoms with van der Waals surface area (Å²) < 4.78 is 23.8. The molecule has 0 spiro atoms. The van der Waals surface area contributed by atoms with Gasteiger partial charge in [0, 0.05) is 0 Å². The molecule has 0 aliphatic carbocycles. The van der Waals surface area contributed by atoms with Crippen LogP contribution in [-0.4, -0.2) is 27.4 Å². The van der Waals surface area contributed by atoms with Crippen LogP contribution in [0.4, 0.5) is 11.4 Å². The van der Waals surface area contributed by atoms with Gasteiger partial charge in [0.15, 0.2) is 0 Å². The molecule has 5 heteroatoms. The lowest BCUT2D eigenvalue weighted by molar-refractivity contribution is 0.404. The van der Waals surface area contributed by atoms with Gasteiger partial charge in [-0.25, -0.2) is 4.31 Å². The second-order valence-corrected chi connectivity index (χ2v) is 9.00. The van der Waals surface area contributed by atoms with E-state index in [0.29, 0.717) is 6.42 Å². The van der Waals surface area contributed by atoms with Gasteiger partial charge in [0.25, 0.3) is 0 Å². The lowest BCUT2D eigenvalue weighted by Gasteiger charge is -2.58. The number of anilines is 2. The first-order valence-corrected chi connectivity index (χ1v) is 9.86. The fourth-order valence-corrected chi connectivity index (χ4v) is 5.51. The summed E-state index contributed by atoms with van der Waals surface area (Å²) in [5.41, 5.74) is 2.89. The fourth-order valence-electron chi connectivity index (χ4n) is 3.43. The second kappa shape index (κ2) is 6.76. The Hall–Kier alpha value is -1.53. The minimum Gasteiger partial charge on any atom is -0.320 e. The monoisotopic (exact) mass is 346 g/mol. The van der Waals surface area contributed by atoms with E-state index in [4.69, 9.17) is 0 Å². The Morgan fingerprint density at radius 2 is 1.75 bits per heavy atom. The predicted octanol–water partition coefficient (Wildman–Crippen LogP) is 4.80. The largest absolute Gasteiger partial charge is 0.320 e. The molecule has 0 radical (unpaired) electrons. The van der Waals surface area contributed by atoms with Crippen molar-refractivity contribution in [3.63, 3.8) is 0 Å². The highest BCUT2D eigenvalue weighted by atomic mass is 32.3. The topological polar surface area (TPSA) is 55.7 Å². The molecule has 1 aliphatic heterocycles. The number of rotatable bonds is 5. The summed E-state index contributed by atoms with van der Waals surface area (Å²) in [5.74, 6) is 0. The third-order valence-electron chi connectivity index (χ3n) is 4.81. The van der Waals surface area contributed by atoms with Crippen molar-refractivity contribution in [2.75, 3.05) is 17.9 Å². The number of hydrogen-bond acceptors (Lipinski definition) is 4. The third kappa shape index (κ3) is 2.93. The molecule has 0 saturated heterocycles. The molecule has 24 heavy (non-hydrogen) atoms. The molecule has 3 rings (SSSR count). The smallest absolute Gasteiger partial charge is 0.0813 e. The van der Waals surface area contributed by atoms with Crippen LogP contribution in [0.2, 0.25) is 0 Å². The molecule has 3 N–H and O–H groups in total. The zero-order chi connectivity index (χ0) is 17.2. The van der Waals surface area contributed by atoms with Gasteiger partial charge in [-0.15, -0.1) is 10.8 Å². The van der Waals surface area contributed by atoms with Crippen molar-refractivity contribution in [2.45, 2.75) is 30.9 Å². The highest BCUT2D eigenvalue weighted by Crippen LogP contribution is 2.66. The zero-order valence-corrected chi connectivity index (χ0v) is 15.1. The summed E-state index contributed by atoms with van der Waals surface area (Å²) in [7, 11) is -1.08. The lowest BCUT2D eigenvalue weighted by Crippen LogP contribution is -2.46. The summed E-state index contributed by atoms with van der Waals surface area (Å²) in [6.07, 6.45) is 2.35. The normalized spacial score (nSPS) is 23.6. The highest BCUT2D eigenvalue weighted by Gasteiger charge is 2.47. The molecule has 1 atom stereocenters. The van der Waals surface area contributed by atoms with E-state index in [1.54, 1.807) is 4.31 Å². The predicted molar refractivity (Wildman–Crippen MR) is 103 cm³/mol. The fraction of sp³-hybridized carbons (Fsp3) is 0.368. The maximum Gasteiger partial charge on any atom is 0.0813 e. The molecule has 0 saturated carbocycles. The Bertz CT molecular complexity index is 693. The van der Waals surface area contributed by atoms with E-state index in [2.05, 4.69) is 11.4 Å². The minimum atomic E-state index is -3.01. The van der Waals surface area contributed by atoms with Gasteiger partial charge in [0.2, 0.25) is 0 Å². The van der Waals surface area contributed by atoms with Crippen LogP contribution >= 0.6 is 10.8 Å². The van der Waals surface area contributed by atoms with Crippen molar-refractivity contribution in [1.82, 2.24) is 5.32 Å². The second-order valence-electron chi connectivity index (χ2n) is 6.61. The molecule has 130 valence electrons. The molecule has 0 aromatic heterocycles. The standard InChI is InChI=1S/C19H26N2O2S/c1-19(13-8-14-20-2)15-16-9-6-7-12-18(16)21(24(19,22)23)17-10-4-3-5-11-17/h3-7,9-12,20,22-23H,8,13-15H2,1-2H3/t19-/m1/s1. The summed E-state index contributed by atoms with van der Waals surface area (Å²) in [4.78, 5) is 0. The third-order valence-corrected chi connectivity index (χ3v) is 7.40. The van der Waals surface area contributed by atoms with Crippen LogP contribution in [0.3, 0.4) is 0 Å². The SMILES string of the molecule is CNCCC[C@]1(C)Cc2ccccc2N(c2ccccc2)S1(O)O. The molecule has 0 amide bonds. The van der Waals surface area contributed by atoms with Crippen LogP contribution in [-0.2, 0) is 6.42 Å². The van der Waals surface area contributed by atoms with E-state index >= 15 is 0 Å². The van der Waals surface area contributed by atoms with Crippen LogP contribution < -0.4 is 9.62 Å². The Kier molecular flexibility index (Phi) is 4.88. The number of benzene rings is 2.